The van der Waals surface area contributed by atoms with Crippen LogP contribution in [0.25, 0.3) is 0 Å². The van der Waals surface area contributed by atoms with Gasteiger partial charge in [-0.15, -0.1) is 5.10 Å². The molecular formula is C21H27N7. The Balaban J connectivity index is 1.46. The fourth-order valence-corrected chi connectivity index (χ4v) is 3.58. The maximum absolute atomic E-state index is 4.76. The predicted octanol–water partition coefficient (Wildman–Crippen LogP) is 4.09. The quantitative estimate of drug-likeness (QED) is 0.722. The van der Waals surface area contributed by atoms with Gasteiger partial charge in [0.2, 0.25) is 5.95 Å². The number of benzene rings is 1. The van der Waals surface area contributed by atoms with Crippen LogP contribution in [0.5, 0.6) is 0 Å². The van der Waals surface area contributed by atoms with Crippen LogP contribution in [-0.2, 0) is 0 Å². The van der Waals surface area contributed by atoms with Gasteiger partial charge in [0.05, 0.1) is 12.2 Å². The van der Waals surface area contributed by atoms with Gasteiger partial charge >= 0.3 is 0 Å². The number of nitrogens with one attached hydrogen (secondary N) is 1. The van der Waals surface area contributed by atoms with Gasteiger partial charge in [0.25, 0.3) is 0 Å². The van der Waals surface area contributed by atoms with Crippen LogP contribution in [0.15, 0.2) is 42.9 Å². The summed E-state index contributed by atoms with van der Waals surface area (Å²) in [4.78, 5) is 11.5. The average molecular weight is 377 g/mol. The normalized spacial score (nSPS) is 15.2. The molecule has 4 rings (SSSR count). The van der Waals surface area contributed by atoms with E-state index >= 15 is 0 Å². The third-order valence-electron chi connectivity index (χ3n) is 5.40. The summed E-state index contributed by atoms with van der Waals surface area (Å²) in [6.07, 6.45) is 7.53. The highest BCUT2D eigenvalue weighted by Crippen LogP contribution is 2.27. The minimum Gasteiger partial charge on any atom is -0.341 e. The lowest BCUT2D eigenvalue weighted by Crippen LogP contribution is -2.36. The van der Waals surface area contributed by atoms with Crippen molar-refractivity contribution in [1.82, 2.24) is 25.0 Å². The van der Waals surface area contributed by atoms with Crippen LogP contribution >= 0.6 is 0 Å². The zero-order valence-electron chi connectivity index (χ0n) is 16.7. The first kappa shape index (κ1) is 18.4. The topological polar surface area (TPSA) is 71.8 Å². The molecule has 1 aromatic carbocycles. The van der Waals surface area contributed by atoms with Gasteiger partial charge in [-0.3, -0.25) is 0 Å². The fraction of sp³-hybridized carbons (Fsp3) is 0.429. The number of rotatable bonds is 5. The summed E-state index contributed by atoms with van der Waals surface area (Å²) >= 11 is 0. The summed E-state index contributed by atoms with van der Waals surface area (Å²) in [6.45, 7) is 8.36. The molecule has 0 saturated carbocycles. The Labute approximate surface area is 165 Å². The summed E-state index contributed by atoms with van der Waals surface area (Å²) < 4.78 is 1.96. The van der Waals surface area contributed by atoms with Crippen LogP contribution in [0, 0.1) is 6.92 Å². The maximum atomic E-state index is 4.76. The molecule has 0 atom stereocenters. The van der Waals surface area contributed by atoms with Crippen LogP contribution < -0.4 is 10.2 Å². The minimum absolute atomic E-state index is 0.404. The molecule has 3 heterocycles. The molecule has 3 aromatic rings. The maximum Gasteiger partial charge on any atom is 0.227 e. The first-order valence-corrected chi connectivity index (χ1v) is 9.91. The molecular weight excluding hydrogens is 350 g/mol. The summed E-state index contributed by atoms with van der Waals surface area (Å²) in [5, 5.41) is 11.5. The van der Waals surface area contributed by atoms with Crippen LogP contribution in [-0.4, -0.2) is 38.1 Å². The Kier molecular flexibility index (Phi) is 5.23. The summed E-state index contributed by atoms with van der Waals surface area (Å²) in [6, 6.07) is 8.89. The van der Waals surface area contributed by atoms with Crippen LogP contribution in [0.2, 0.25) is 0 Å². The smallest absolute Gasteiger partial charge is 0.227 e. The first-order valence-electron chi connectivity index (χ1n) is 9.91. The van der Waals surface area contributed by atoms with E-state index in [-0.39, 0.29) is 0 Å². The van der Waals surface area contributed by atoms with E-state index in [1.54, 1.807) is 6.20 Å². The molecule has 28 heavy (non-hydrogen) atoms. The summed E-state index contributed by atoms with van der Waals surface area (Å²) in [7, 11) is 0. The Morgan fingerprint density at radius 2 is 1.93 bits per heavy atom. The summed E-state index contributed by atoms with van der Waals surface area (Å²) in [5.74, 6) is 2.10. The largest absolute Gasteiger partial charge is 0.341 e. The molecule has 1 fully saturated rings. The standard InChI is InChI=1S/C21H27N7/c1-15(2)17-5-4-16(3)19(14-17)24-20-6-9-22-21(25-20)27-11-7-18(8-12-27)28-13-10-23-26-28/h4-6,9-10,13-15,18H,7-8,11-12H2,1-3H3,(H,22,24,25). The number of piperidine rings is 1. The van der Waals surface area contributed by atoms with E-state index < -0.39 is 0 Å². The van der Waals surface area contributed by atoms with Crippen molar-refractivity contribution in [2.24, 2.45) is 0 Å². The number of nitrogens with zero attached hydrogens (tertiary/aromatic N) is 6. The van der Waals surface area contributed by atoms with Crippen molar-refractivity contribution in [3.05, 3.63) is 54.0 Å². The van der Waals surface area contributed by atoms with E-state index in [1.807, 2.05) is 23.1 Å². The highest BCUT2D eigenvalue weighted by atomic mass is 15.4. The van der Waals surface area contributed by atoms with Crippen molar-refractivity contribution < 1.29 is 0 Å². The number of aromatic nitrogens is 5. The van der Waals surface area contributed by atoms with E-state index in [0.717, 1.165) is 43.4 Å². The monoisotopic (exact) mass is 377 g/mol. The number of aryl methyl sites for hydroxylation is 1. The van der Waals surface area contributed by atoms with Gasteiger partial charge in [-0.05, 0) is 48.9 Å². The van der Waals surface area contributed by atoms with Crippen LogP contribution in [0.3, 0.4) is 0 Å². The lowest BCUT2D eigenvalue weighted by Gasteiger charge is -2.31. The van der Waals surface area contributed by atoms with E-state index in [9.17, 15) is 0 Å². The molecule has 2 aromatic heterocycles. The average Bonchev–Trinajstić information content (AvgIpc) is 3.25. The second-order valence-electron chi connectivity index (χ2n) is 7.70. The zero-order chi connectivity index (χ0) is 19.5. The Hall–Kier alpha value is -2.96. The molecule has 146 valence electrons. The van der Waals surface area contributed by atoms with E-state index in [2.05, 4.69) is 64.5 Å². The Morgan fingerprint density at radius 1 is 1.11 bits per heavy atom. The van der Waals surface area contributed by atoms with Gasteiger partial charge in [-0.1, -0.05) is 31.2 Å². The van der Waals surface area contributed by atoms with Gasteiger partial charge in [0, 0.05) is 31.2 Å². The molecule has 0 aliphatic carbocycles. The van der Waals surface area contributed by atoms with Gasteiger partial charge in [0.15, 0.2) is 0 Å². The molecule has 0 radical (unpaired) electrons. The second kappa shape index (κ2) is 7.96. The summed E-state index contributed by atoms with van der Waals surface area (Å²) in [5.41, 5.74) is 3.62. The van der Waals surface area contributed by atoms with Crippen LogP contribution in [0.1, 0.15) is 49.8 Å². The van der Waals surface area contributed by atoms with Crippen molar-refractivity contribution in [2.45, 2.75) is 45.6 Å². The fourth-order valence-electron chi connectivity index (χ4n) is 3.58. The number of hydrogen-bond donors (Lipinski definition) is 1. The zero-order valence-corrected chi connectivity index (χ0v) is 16.7. The first-order chi connectivity index (χ1) is 13.6. The molecule has 1 aliphatic rings. The molecule has 1 saturated heterocycles. The molecule has 0 unspecified atom stereocenters. The van der Waals surface area contributed by atoms with Crippen molar-refractivity contribution in [3.63, 3.8) is 0 Å². The molecule has 7 heteroatoms. The lowest BCUT2D eigenvalue weighted by molar-refractivity contribution is 0.358. The molecule has 1 aliphatic heterocycles. The predicted molar refractivity (Wildman–Crippen MR) is 111 cm³/mol. The van der Waals surface area contributed by atoms with Gasteiger partial charge < -0.3 is 10.2 Å². The van der Waals surface area contributed by atoms with Crippen molar-refractivity contribution in [2.75, 3.05) is 23.3 Å². The number of anilines is 3. The van der Waals surface area contributed by atoms with Crippen molar-refractivity contribution >= 4 is 17.5 Å². The van der Waals surface area contributed by atoms with Crippen LogP contribution in [0.4, 0.5) is 17.5 Å². The Bertz CT molecular complexity index is 912. The van der Waals surface area contributed by atoms with Gasteiger partial charge in [-0.2, -0.15) is 4.98 Å². The second-order valence-corrected chi connectivity index (χ2v) is 7.70. The number of hydrogen-bond acceptors (Lipinski definition) is 6. The van der Waals surface area contributed by atoms with E-state index in [4.69, 9.17) is 4.98 Å². The highest BCUT2D eigenvalue weighted by molar-refractivity contribution is 5.62. The molecule has 0 spiro atoms. The van der Waals surface area contributed by atoms with Gasteiger partial charge in [-0.25, -0.2) is 9.67 Å². The SMILES string of the molecule is Cc1ccc(C(C)C)cc1Nc1ccnc(N2CCC(n3ccnn3)CC2)n1. The minimum atomic E-state index is 0.404. The van der Waals surface area contributed by atoms with E-state index in [1.165, 1.54) is 11.1 Å². The third-order valence-corrected chi connectivity index (χ3v) is 5.40. The molecule has 1 N–H and O–H groups in total. The lowest BCUT2D eigenvalue weighted by atomic mass is 10.0. The third kappa shape index (κ3) is 3.98. The van der Waals surface area contributed by atoms with Gasteiger partial charge in [0.1, 0.15) is 5.82 Å². The highest BCUT2D eigenvalue weighted by Gasteiger charge is 2.22. The van der Waals surface area contributed by atoms with E-state index in [0.29, 0.717) is 12.0 Å². The molecule has 0 bridgehead atoms. The Morgan fingerprint density at radius 3 is 2.64 bits per heavy atom. The van der Waals surface area contributed by atoms with Crippen molar-refractivity contribution in [1.29, 1.82) is 0 Å². The molecule has 0 amide bonds. The molecule has 7 nitrogen and oxygen atoms in total. The van der Waals surface area contributed by atoms with Crippen molar-refractivity contribution in [3.8, 4) is 0 Å².